The summed E-state index contributed by atoms with van der Waals surface area (Å²) in [5.41, 5.74) is 0.479. The molecule has 0 unspecified atom stereocenters. The predicted molar refractivity (Wildman–Crippen MR) is 89.4 cm³/mol. The van der Waals surface area contributed by atoms with E-state index in [9.17, 15) is 9.59 Å². The van der Waals surface area contributed by atoms with Crippen LogP contribution in [0.2, 0.25) is 0 Å². The summed E-state index contributed by atoms with van der Waals surface area (Å²) in [6, 6.07) is 7.36. The number of aryl methyl sites for hydroxylation is 1. The average Bonchev–Trinajstić information content (AvgIpc) is 2.86. The first-order chi connectivity index (χ1) is 11.0. The molecule has 3 rings (SSSR count). The third-order valence-corrected chi connectivity index (χ3v) is 4.87. The van der Waals surface area contributed by atoms with E-state index >= 15 is 0 Å². The number of carbonyl (C=O) groups is 1. The number of nitrogens with zero attached hydrogens (tertiary/aromatic N) is 1. The van der Waals surface area contributed by atoms with Gasteiger partial charge in [-0.3, -0.25) is 9.59 Å². The number of rotatable bonds is 4. The number of ether oxygens (including phenoxy) is 1. The smallest absolute Gasteiger partial charge is 0.259 e. The van der Waals surface area contributed by atoms with E-state index in [1.807, 2.05) is 43.7 Å². The van der Waals surface area contributed by atoms with Crippen molar-refractivity contribution >= 4 is 16.8 Å². The van der Waals surface area contributed by atoms with Gasteiger partial charge >= 0.3 is 0 Å². The summed E-state index contributed by atoms with van der Waals surface area (Å²) in [6.07, 6.45) is 0.820. The lowest BCUT2D eigenvalue weighted by atomic mass is 9.91. The van der Waals surface area contributed by atoms with Gasteiger partial charge in [0.15, 0.2) is 5.72 Å². The molecule has 0 spiro atoms. The summed E-state index contributed by atoms with van der Waals surface area (Å²) in [5.74, 6) is -0.306. The van der Waals surface area contributed by atoms with Crippen molar-refractivity contribution in [1.82, 2.24) is 9.88 Å². The van der Waals surface area contributed by atoms with Crippen molar-refractivity contribution in [3.8, 4) is 0 Å². The molecule has 0 radical (unpaired) electrons. The summed E-state index contributed by atoms with van der Waals surface area (Å²) < 4.78 is 7.96. The van der Waals surface area contributed by atoms with Gasteiger partial charge in [-0.2, -0.15) is 0 Å². The maximum Gasteiger partial charge on any atom is 0.259 e. The Hall–Kier alpha value is -2.14. The van der Waals surface area contributed by atoms with E-state index in [4.69, 9.17) is 4.74 Å². The molecule has 1 amide bonds. The lowest BCUT2D eigenvalue weighted by molar-refractivity contribution is -0.102. The molecule has 1 aromatic heterocycles. The highest BCUT2D eigenvalue weighted by molar-refractivity contribution is 6.02. The number of hydrogen-bond donors (Lipinski definition) is 1. The van der Waals surface area contributed by atoms with Crippen LogP contribution in [-0.2, 0) is 17.5 Å². The molecule has 1 aromatic carbocycles. The van der Waals surface area contributed by atoms with Gasteiger partial charge in [-0.1, -0.05) is 26.0 Å². The summed E-state index contributed by atoms with van der Waals surface area (Å²) in [7, 11) is 1.89. The molecule has 0 fully saturated rings. The number of nitrogens with one attached hydrogen (secondary N) is 1. The van der Waals surface area contributed by atoms with Crippen molar-refractivity contribution in [2.45, 2.75) is 32.9 Å². The lowest BCUT2D eigenvalue weighted by Gasteiger charge is -2.36. The Morgan fingerprint density at radius 1 is 1.26 bits per heavy atom. The van der Waals surface area contributed by atoms with Crippen molar-refractivity contribution in [3.63, 3.8) is 0 Å². The molecular formula is C18H22N2O3. The fourth-order valence-electron chi connectivity index (χ4n) is 3.54. The largest absolute Gasteiger partial charge is 0.350 e. The summed E-state index contributed by atoms with van der Waals surface area (Å²) in [6.45, 7) is 6.43. The molecule has 2 aromatic rings. The molecule has 1 aliphatic heterocycles. The first-order valence-corrected chi connectivity index (χ1v) is 8.06. The number of pyridine rings is 1. The zero-order valence-electron chi connectivity index (χ0n) is 14.0. The monoisotopic (exact) mass is 314 g/mol. The van der Waals surface area contributed by atoms with Crippen LogP contribution in [-0.4, -0.2) is 17.1 Å². The second-order valence-corrected chi connectivity index (χ2v) is 6.06. The van der Waals surface area contributed by atoms with Gasteiger partial charge in [0, 0.05) is 25.0 Å². The number of para-hydroxylation sites is 1. The average molecular weight is 314 g/mol. The predicted octanol–water partition coefficient (Wildman–Crippen LogP) is 2.52. The quantitative estimate of drug-likeness (QED) is 0.943. The Morgan fingerprint density at radius 2 is 1.96 bits per heavy atom. The van der Waals surface area contributed by atoms with E-state index in [-0.39, 0.29) is 22.8 Å². The second-order valence-electron chi connectivity index (χ2n) is 6.06. The maximum absolute atomic E-state index is 12.9. The molecule has 122 valence electrons. The van der Waals surface area contributed by atoms with E-state index in [2.05, 4.69) is 12.2 Å². The SMILES string of the molecule is CCO[C@@]1([C@H](C)CC)NC(=O)c2c1n(C)c1ccccc1c2=O. The molecule has 23 heavy (non-hydrogen) atoms. The van der Waals surface area contributed by atoms with Gasteiger partial charge in [-0.15, -0.1) is 0 Å². The van der Waals surface area contributed by atoms with E-state index in [0.29, 0.717) is 17.7 Å². The first-order valence-electron chi connectivity index (χ1n) is 8.06. The lowest BCUT2D eigenvalue weighted by Crippen LogP contribution is -2.48. The van der Waals surface area contributed by atoms with Crippen molar-refractivity contribution in [3.05, 3.63) is 45.7 Å². The van der Waals surface area contributed by atoms with Crippen molar-refractivity contribution in [1.29, 1.82) is 0 Å². The zero-order chi connectivity index (χ0) is 16.8. The van der Waals surface area contributed by atoms with Crippen LogP contribution in [0.15, 0.2) is 29.1 Å². The van der Waals surface area contributed by atoms with E-state index in [1.165, 1.54) is 0 Å². The van der Waals surface area contributed by atoms with Crippen LogP contribution in [0.5, 0.6) is 0 Å². The minimum absolute atomic E-state index is 0.0411. The van der Waals surface area contributed by atoms with Crippen LogP contribution in [0, 0.1) is 5.92 Å². The highest BCUT2D eigenvalue weighted by Crippen LogP contribution is 2.39. The van der Waals surface area contributed by atoms with Crippen LogP contribution in [0.4, 0.5) is 0 Å². The van der Waals surface area contributed by atoms with E-state index in [1.54, 1.807) is 6.07 Å². The third-order valence-electron chi connectivity index (χ3n) is 4.87. The fraction of sp³-hybridized carbons (Fsp3) is 0.444. The van der Waals surface area contributed by atoms with Gasteiger partial charge < -0.3 is 14.6 Å². The topological polar surface area (TPSA) is 60.3 Å². The van der Waals surface area contributed by atoms with Crippen LogP contribution < -0.4 is 10.7 Å². The third kappa shape index (κ3) is 2.03. The number of fused-ring (bicyclic) bond motifs is 2. The van der Waals surface area contributed by atoms with Crippen molar-refractivity contribution in [2.75, 3.05) is 6.61 Å². The Kier molecular flexibility index (Phi) is 3.76. The van der Waals surface area contributed by atoms with Gasteiger partial charge in [0.25, 0.3) is 5.91 Å². The molecule has 0 saturated carbocycles. The molecule has 0 bridgehead atoms. The second kappa shape index (κ2) is 5.49. The van der Waals surface area contributed by atoms with Crippen molar-refractivity contribution in [2.24, 2.45) is 13.0 Å². The molecule has 0 aliphatic carbocycles. The summed E-state index contributed by atoms with van der Waals surface area (Å²) in [5, 5.41) is 3.51. The molecule has 2 atom stereocenters. The van der Waals surface area contributed by atoms with Crippen LogP contribution in [0.25, 0.3) is 10.9 Å². The summed E-state index contributed by atoms with van der Waals surface area (Å²) >= 11 is 0. The zero-order valence-corrected chi connectivity index (χ0v) is 14.0. The fourth-order valence-corrected chi connectivity index (χ4v) is 3.54. The normalized spacial score (nSPS) is 21.3. The Bertz CT molecular complexity index is 840. The standard InChI is InChI=1S/C18H22N2O3/c1-5-11(3)18(23-6-2)16-14(17(22)19-18)15(21)12-9-7-8-10-13(12)20(16)4/h7-11H,5-6H2,1-4H3,(H,19,22)/t11-,18-/m1/s1. The van der Waals surface area contributed by atoms with Crippen molar-refractivity contribution < 1.29 is 9.53 Å². The van der Waals surface area contributed by atoms with Gasteiger partial charge in [-0.05, 0) is 25.5 Å². The minimum Gasteiger partial charge on any atom is -0.350 e. The highest BCUT2D eigenvalue weighted by Gasteiger charge is 2.50. The van der Waals surface area contributed by atoms with Gasteiger partial charge in [0.05, 0.1) is 11.2 Å². The van der Waals surface area contributed by atoms with E-state index < -0.39 is 5.72 Å². The van der Waals surface area contributed by atoms with Gasteiger partial charge in [0.2, 0.25) is 5.43 Å². The molecular weight excluding hydrogens is 292 g/mol. The van der Waals surface area contributed by atoms with Gasteiger partial charge in [0.1, 0.15) is 5.56 Å². The number of benzene rings is 1. The summed E-state index contributed by atoms with van der Waals surface area (Å²) in [4.78, 5) is 25.4. The Labute approximate surface area is 135 Å². The maximum atomic E-state index is 12.9. The van der Waals surface area contributed by atoms with E-state index in [0.717, 1.165) is 11.9 Å². The Balaban J connectivity index is 2.44. The molecule has 5 heteroatoms. The van der Waals surface area contributed by atoms with Crippen LogP contribution in [0.3, 0.4) is 0 Å². The molecule has 0 saturated heterocycles. The first kappa shape index (κ1) is 15.7. The minimum atomic E-state index is -0.951. The van der Waals surface area contributed by atoms with Crippen LogP contribution in [0.1, 0.15) is 43.2 Å². The Morgan fingerprint density at radius 3 is 2.61 bits per heavy atom. The van der Waals surface area contributed by atoms with Crippen LogP contribution >= 0.6 is 0 Å². The number of amides is 1. The highest BCUT2D eigenvalue weighted by atomic mass is 16.5. The molecule has 5 nitrogen and oxygen atoms in total. The number of aromatic nitrogens is 1. The van der Waals surface area contributed by atoms with Gasteiger partial charge in [-0.25, -0.2) is 0 Å². The molecule has 2 heterocycles. The molecule has 1 aliphatic rings. The number of carbonyl (C=O) groups excluding carboxylic acids is 1. The molecule has 1 N–H and O–H groups in total. The number of hydrogen-bond acceptors (Lipinski definition) is 3.